The Balaban J connectivity index is 2.46. The molecule has 0 amide bonds. The first-order valence-corrected chi connectivity index (χ1v) is 6.63. The van der Waals surface area contributed by atoms with Gasteiger partial charge in [-0.15, -0.1) is 0 Å². The van der Waals surface area contributed by atoms with Crippen molar-refractivity contribution in [3.8, 4) is 17.6 Å². The third kappa shape index (κ3) is 3.15. The highest BCUT2D eigenvalue weighted by atomic mass is 16.5. The highest BCUT2D eigenvalue weighted by Gasteiger charge is 2.17. The third-order valence-corrected chi connectivity index (χ3v) is 3.16. The van der Waals surface area contributed by atoms with Gasteiger partial charge < -0.3 is 9.47 Å². The number of nitrogens with zero attached hydrogens (tertiary/aromatic N) is 1. The first-order valence-electron chi connectivity index (χ1n) is 6.63. The molecule has 0 radical (unpaired) electrons. The lowest BCUT2D eigenvalue weighted by molar-refractivity contribution is 0.103. The van der Waals surface area contributed by atoms with Crippen molar-refractivity contribution >= 4 is 11.9 Å². The zero-order chi connectivity index (χ0) is 15.9. The minimum Gasteiger partial charge on any atom is -0.496 e. The Bertz CT molecular complexity index is 757. The lowest BCUT2D eigenvalue weighted by atomic mass is 10.0. The molecule has 22 heavy (non-hydrogen) atoms. The van der Waals surface area contributed by atoms with Crippen LogP contribution in [0, 0.1) is 11.3 Å². The van der Waals surface area contributed by atoms with E-state index in [1.165, 1.54) is 13.2 Å². The molecule has 4 heteroatoms. The second-order valence-corrected chi connectivity index (χ2v) is 4.44. The number of nitriles is 1. The van der Waals surface area contributed by atoms with Crippen LogP contribution in [0.15, 0.2) is 54.1 Å². The van der Waals surface area contributed by atoms with Crippen LogP contribution in [-0.2, 0) is 0 Å². The van der Waals surface area contributed by atoms with Gasteiger partial charge in [-0.2, -0.15) is 5.26 Å². The number of ether oxygens (including phenoxy) is 2. The van der Waals surface area contributed by atoms with E-state index >= 15 is 0 Å². The molecule has 0 bridgehead atoms. The van der Waals surface area contributed by atoms with Crippen molar-refractivity contribution in [2.24, 2.45) is 0 Å². The summed E-state index contributed by atoms with van der Waals surface area (Å²) in [5.74, 6) is 0.655. The number of methoxy groups -OCH3 is 2. The highest BCUT2D eigenvalue weighted by Crippen LogP contribution is 2.24. The minimum absolute atomic E-state index is 0.0222. The van der Waals surface area contributed by atoms with Crippen LogP contribution in [0.3, 0.4) is 0 Å². The molecular weight excluding hydrogens is 278 g/mol. The number of carbonyl (C=O) groups is 1. The van der Waals surface area contributed by atoms with E-state index < -0.39 is 0 Å². The molecule has 2 aromatic carbocycles. The molecule has 0 spiro atoms. The molecule has 0 saturated carbocycles. The number of benzene rings is 2. The van der Waals surface area contributed by atoms with E-state index in [-0.39, 0.29) is 11.4 Å². The smallest absolute Gasteiger partial charge is 0.207 e. The number of carbonyl (C=O) groups excluding carboxylic acids is 1. The van der Waals surface area contributed by atoms with Gasteiger partial charge in [0.25, 0.3) is 0 Å². The Morgan fingerprint density at radius 2 is 1.59 bits per heavy atom. The van der Waals surface area contributed by atoms with Crippen molar-refractivity contribution in [2.75, 3.05) is 14.2 Å². The van der Waals surface area contributed by atoms with Gasteiger partial charge in [-0.1, -0.05) is 30.3 Å². The van der Waals surface area contributed by atoms with Crippen molar-refractivity contribution in [3.63, 3.8) is 0 Å². The lowest BCUT2D eigenvalue weighted by Crippen LogP contribution is -2.04. The van der Waals surface area contributed by atoms with E-state index in [9.17, 15) is 10.1 Å². The number of Topliss-reactive ketones (excluding diaryl/α,β-unsaturated/α-hetero) is 1. The number of para-hydroxylation sites is 2. The number of allylic oxidation sites excluding steroid dienone is 1. The Hall–Kier alpha value is -3.06. The summed E-state index contributed by atoms with van der Waals surface area (Å²) in [6, 6.07) is 16.0. The zero-order valence-corrected chi connectivity index (χ0v) is 12.4. The molecule has 2 rings (SSSR count). The summed E-state index contributed by atoms with van der Waals surface area (Å²) in [5, 5.41) is 9.33. The largest absolute Gasteiger partial charge is 0.496 e. The molecule has 0 heterocycles. The van der Waals surface area contributed by atoms with E-state index in [0.717, 1.165) is 0 Å². The fraction of sp³-hybridized carbons (Fsp3) is 0.111. The number of hydrogen-bond donors (Lipinski definition) is 0. The van der Waals surface area contributed by atoms with Crippen molar-refractivity contribution in [1.82, 2.24) is 0 Å². The predicted molar refractivity (Wildman–Crippen MR) is 83.9 cm³/mol. The topological polar surface area (TPSA) is 59.3 Å². The standard InChI is InChI=1S/C18H15NO3/c1-21-16-9-5-3-7-13(16)11-14(12-19)18(20)15-8-4-6-10-17(15)22-2/h3-11H,1-2H3/b14-11+. The van der Waals surface area contributed by atoms with Gasteiger partial charge in [0, 0.05) is 5.56 Å². The summed E-state index contributed by atoms with van der Waals surface area (Å²) >= 11 is 0. The quantitative estimate of drug-likeness (QED) is 0.481. The average Bonchev–Trinajstić information content (AvgIpc) is 2.59. The first-order chi connectivity index (χ1) is 10.7. The van der Waals surface area contributed by atoms with Crippen LogP contribution in [0.4, 0.5) is 0 Å². The number of rotatable bonds is 5. The van der Waals surface area contributed by atoms with Gasteiger partial charge in [0.1, 0.15) is 23.1 Å². The highest BCUT2D eigenvalue weighted by molar-refractivity contribution is 6.15. The SMILES string of the molecule is COc1ccccc1/C=C(\C#N)C(=O)c1ccccc1OC. The van der Waals surface area contributed by atoms with Crippen LogP contribution >= 0.6 is 0 Å². The molecule has 0 aliphatic carbocycles. The maximum absolute atomic E-state index is 12.5. The van der Waals surface area contributed by atoms with Gasteiger partial charge in [-0.05, 0) is 24.3 Å². The van der Waals surface area contributed by atoms with Crippen LogP contribution in [0.1, 0.15) is 15.9 Å². The van der Waals surface area contributed by atoms with Gasteiger partial charge >= 0.3 is 0 Å². The van der Waals surface area contributed by atoms with Gasteiger partial charge in [0.15, 0.2) is 0 Å². The van der Waals surface area contributed by atoms with Crippen LogP contribution in [0.5, 0.6) is 11.5 Å². The maximum atomic E-state index is 12.5. The maximum Gasteiger partial charge on any atom is 0.207 e. The molecule has 0 unspecified atom stereocenters. The van der Waals surface area contributed by atoms with Gasteiger partial charge in [0.2, 0.25) is 5.78 Å². The summed E-state index contributed by atoms with van der Waals surface area (Å²) in [7, 11) is 3.03. The van der Waals surface area contributed by atoms with Crippen LogP contribution in [0.2, 0.25) is 0 Å². The second kappa shape index (κ2) is 7.09. The Morgan fingerprint density at radius 3 is 2.23 bits per heavy atom. The molecular formula is C18H15NO3. The van der Waals surface area contributed by atoms with E-state index in [0.29, 0.717) is 22.6 Å². The minimum atomic E-state index is -0.383. The second-order valence-electron chi connectivity index (χ2n) is 4.44. The molecule has 0 N–H and O–H groups in total. The number of ketones is 1. The summed E-state index contributed by atoms with van der Waals surface area (Å²) in [5.41, 5.74) is 1.05. The molecule has 0 atom stereocenters. The van der Waals surface area contributed by atoms with Crippen molar-refractivity contribution in [3.05, 3.63) is 65.2 Å². The molecule has 0 aliphatic rings. The van der Waals surface area contributed by atoms with Crippen LogP contribution in [-0.4, -0.2) is 20.0 Å². The summed E-state index contributed by atoms with van der Waals surface area (Å²) in [6.07, 6.45) is 1.52. The molecule has 2 aromatic rings. The van der Waals surface area contributed by atoms with E-state index in [1.54, 1.807) is 43.5 Å². The molecule has 0 aliphatic heterocycles. The van der Waals surface area contributed by atoms with Crippen LogP contribution < -0.4 is 9.47 Å². The molecule has 0 saturated heterocycles. The summed E-state index contributed by atoms with van der Waals surface area (Å²) in [6.45, 7) is 0. The van der Waals surface area contributed by atoms with Gasteiger partial charge in [-0.3, -0.25) is 4.79 Å². The Kier molecular flexibility index (Phi) is 4.94. The van der Waals surface area contributed by atoms with E-state index in [1.807, 2.05) is 18.2 Å². The van der Waals surface area contributed by atoms with Gasteiger partial charge in [-0.25, -0.2) is 0 Å². The zero-order valence-electron chi connectivity index (χ0n) is 12.4. The molecule has 0 aromatic heterocycles. The van der Waals surface area contributed by atoms with E-state index in [2.05, 4.69) is 0 Å². The Labute approximate surface area is 129 Å². The van der Waals surface area contributed by atoms with Crippen molar-refractivity contribution < 1.29 is 14.3 Å². The van der Waals surface area contributed by atoms with E-state index in [4.69, 9.17) is 9.47 Å². The predicted octanol–water partition coefficient (Wildman–Crippen LogP) is 3.49. The molecule has 0 fully saturated rings. The van der Waals surface area contributed by atoms with Crippen molar-refractivity contribution in [2.45, 2.75) is 0 Å². The summed E-state index contributed by atoms with van der Waals surface area (Å²) in [4.78, 5) is 12.5. The molecule has 4 nitrogen and oxygen atoms in total. The van der Waals surface area contributed by atoms with Crippen LogP contribution in [0.25, 0.3) is 6.08 Å². The van der Waals surface area contributed by atoms with Gasteiger partial charge in [0.05, 0.1) is 19.8 Å². The lowest BCUT2D eigenvalue weighted by Gasteiger charge is -2.07. The Morgan fingerprint density at radius 1 is 1.00 bits per heavy atom. The fourth-order valence-electron chi connectivity index (χ4n) is 2.07. The van der Waals surface area contributed by atoms with Crippen molar-refractivity contribution in [1.29, 1.82) is 5.26 Å². The number of hydrogen-bond acceptors (Lipinski definition) is 4. The monoisotopic (exact) mass is 293 g/mol. The first kappa shape index (κ1) is 15.3. The normalized spacial score (nSPS) is 10.7. The third-order valence-electron chi connectivity index (χ3n) is 3.16. The molecule has 110 valence electrons. The fourth-order valence-corrected chi connectivity index (χ4v) is 2.07. The summed E-state index contributed by atoms with van der Waals surface area (Å²) < 4.78 is 10.4. The average molecular weight is 293 g/mol.